The van der Waals surface area contributed by atoms with E-state index in [1.807, 2.05) is 11.0 Å². The van der Waals surface area contributed by atoms with Gasteiger partial charge in [0.2, 0.25) is 5.78 Å². The highest BCUT2D eigenvalue weighted by atomic mass is 32.2. The zero-order valence-electron chi connectivity index (χ0n) is 50.2. The van der Waals surface area contributed by atoms with Crippen molar-refractivity contribution in [3.8, 4) is 11.8 Å². The van der Waals surface area contributed by atoms with Gasteiger partial charge in [-0.3, -0.25) is 14.3 Å². The maximum Gasteiger partial charge on any atom is 0.343 e. The van der Waals surface area contributed by atoms with Gasteiger partial charge in [-0.15, -0.1) is 11.3 Å². The Morgan fingerprint density at radius 3 is 1.49 bits per heavy atom. The number of benzene rings is 4. The van der Waals surface area contributed by atoms with E-state index in [9.17, 15) is 22.8 Å². The number of thiophene rings is 1. The van der Waals surface area contributed by atoms with Crippen molar-refractivity contribution in [2.24, 2.45) is 0 Å². The third-order valence-corrected chi connectivity index (χ3v) is 17.9. The summed E-state index contributed by atoms with van der Waals surface area (Å²) in [5.74, 6) is -2.31. The van der Waals surface area contributed by atoms with Crippen molar-refractivity contribution < 1.29 is 37.1 Å². The average molecular weight is 1170 g/mol. The fraction of sp³-hybridized carbons (Fsp3) is 0.551. The Morgan fingerprint density at radius 1 is 0.542 bits per heavy atom. The molecule has 0 aliphatic carbocycles. The van der Waals surface area contributed by atoms with Crippen LogP contribution >= 0.6 is 11.3 Å². The third-order valence-electron chi connectivity index (χ3n) is 15.6. The number of anilines is 2. The lowest BCUT2D eigenvalue weighted by molar-refractivity contribution is 0.0514. The number of ketones is 1. The highest BCUT2D eigenvalue weighted by Gasteiger charge is 2.28. The van der Waals surface area contributed by atoms with Gasteiger partial charge in [-0.1, -0.05) is 261 Å². The van der Waals surface area contributed by atoms with Crippen LogP contribution < -0.4 is 15.2 Å². The fourth-order valence-electron chi connectivity index (χ4n) is 10.7. The topological polar surface area (TPSA) is 186 Å². The van der Waals surface area contributed by atoms with Crippen molar-refractivity contribution in [3.05, 3.63) is 118 Å². The minimum absolute atomic E-state index is 0.00614. The molecular formula is C69H96N4O8S2. The lowest BCUT2D eigenvalue weighted by Gasteiger charge is -2.25. The summed E-state index contributed by atoms with van der Waals surface area (Å²) < 4.78 is 43.2. The second kappa shape index (κ2) is 39.5. The number of rotatable bonds is 45. The van der Waals surface area contributed by atoms with Crippen LogP contribution in [-0.4, -0.2) is 56.6 Å². The van der Waals surface area contributed by atoms with Gasteiger partial charge >= 0.3 is 11.9 Å². The molecule has 5 rings (SSSR count). The maximum atomic E-state index is 15.4. The van der Waals surface area contributed by atoms with Crippen LogP contribution in [0, 0.1) is 11.3 Å². The number of sulfonamides is 1. The fourth-order valence-corrected chi connectivity index (χ4v) is 12.7. The number of nitrogens with two attached hydrogens (primary N) is 1. The van der Waals surface area contributed by atoms with E-state index >= 15 is 4.79 Å². The van der Waals surface area contributed by atoms with Gasteiger partial charge in [0.05, 0.1) is 44.6 Å². The molecule has 0 fully saturated rings. The van der Waals surface area contributed by atoms with Gasteiger partial charge in [-0.25, -0.2) is 18.0 Å². The molecule has 452 valence electrons. The van der Waals surface area contributed by atoms with Crippen LogP contribution in [0.15, 0.2) is 95.9 Å². The predicted octanol–water partition coefficient (Wildman–Crippen LogP) is 18.8. The summed E-state index contributed by atoms with van der Waals surface area (Å²) in [6.07, 6.45) is 39.7. The number of hydrogen-bond acceptors (Lipinski definition) is 11. The quantitative estimate of drug-likeness (QED) is 0.0164. The molecule has 0 bridgehead atoms. The number of fused-ring (bicyclic) bond motifs is 1. The van der Waals surface area contributed by atoms with Crippen LogP contribution in [-0.2, 0) is 14.8 Å². The van der Waals surface area contributed by atoms with Gasteiger partial charge in [0, 0.05) is 29.4 Å². The Morgan fingerprint density at radius 2 is 1.00 bits per heavy atom. The zero-order chi connectivity index (χ0) is 59.3. The minimum atomic E-state index is -4.45. The number of nitrogens with one attached hydrogen (secondary N) is 1. The van der Waals surface area contributed by atoms with E-state index in [0.29, 0.717) is 29.4 Å². The Balaban J connectivity index is 1.32. The smallest absolute Gasteiger partial charge is 0.343 e. The number of unbranched alkanes of at least 4 members (excludes halogenated alkanes) is 30. The van der Waals surface area contributed by atoms with Crippen LogP contribution in [0.1, 0.15) is 272 Å². The zero-order valence-corrected chi connectivity index (χ0v) is 51.8. The van der Waals surface area contributed by atoms with E-state index in [-0.39, 0.29) is 61.8 Å². The van der Waals surface area contributed by atoms with Crippen LogP contribution in [0.3, 0.4) is 0 Å². The van der Waals surface area contributed by atoms with Crippen LogP contribution in [0.5, 0.6) is 5.75 Å². The normalized spacial score (nSPS) is 11.4. The molecular weight excluding hydrogens is 1080 g/mol. The van der Waals surface area contributed by atoms with Crippen LogP contribution in [0.4, 0.5) is 10.7 Å². The monoisotopic (exact) mass is 1170 g/mol. The van der Waals surface area contributed by atoms with Gasteiger partial charge in [-0.2, -0.15) is 5.26 Å². The number of esters is 2. The van der Waals surface area contributed by atoms with E-state index in [4.69, 9.17) is 20.5 Å². The molecule has 83 heavy (non-hydrogen) atoms. The molecule has 0 unspecified atom stereocenters. The standard InChI is InChI=1S/C69H96N4O8S2/c1-3-5-7-9-11-13-15-17-19-21-23-25-27-29-31-38-49-73(50-39-32-30-28-26-24-22-20-18-16-14-12-10-8-6-4-2)67(75)60-53-62(58-46-36-37-47-59(58)65(60)81-68(76)55-42-34-33-35-43-55)72-83(78,79)57-45-40-44-56(52-57)64(74)63-54-61(66(71)82-63)69(77)80-51-41-48-70/h33-37,40,42-47,52-54,72H,3-32,38-39,41,49-51,71H2,1-2H3. The third kappa shape index (κ3) is 24.2. The van der Waals surface area contributed by atoms with Crippen molar-refractivity contribution >= 4 is 66.5 Å². The summed E-state index contributed by atoms with van der Waals surface area (Å²) >= 11 is 0.867. The highest BCUT2D eigenvalue weighted by Crippen LogP contribution is 2.39. The Bertz CT molecular complexity index is 2840. The molecule has 1 aromatic heterocycles. The minimum Gasteiger partial charge on any atom is -0.461 e. The first-order valence-corrected chi connectivity index (χ1v) is 34.0. The number of carbonyl (C=O) groups excluding carboxylic acids is 4. The molecule has 1 amide bonds. The van der Waals surface area contributed by atoms with E-state index < -0.39 is 27.7 Å². The molecule has 1 heterocycles. The lowest BCUT2D eigenvalue weighted by Crippen LogP contribution is -2.33. The number of nitriles is 1. The molecule has 0 aliphatic heterocycles. The Labute approximate surface area is 501 Å². The number of nitrogen functional groups attached to an aromatic ring is 1. The Hall–Kier alpha value is -6.04. The molecule has 0 atom stereocenters. The number of hydrogen-bond donors (Lipinski definition) is 2. The number of ether oxygens (including phenoxy) is 2. The van der Waals surface area contributed by atoms with E-state index in [2.05, 4.69) is 18.6 Å². The van der Waals surface area contributed by atoms with Gasteiger partial charge in [0.25, 0.3) is 15.9 Å². The van der Waals surface area contributed by atoms with Crippen molar-refractivity contribution in [2.75, 3.05) is 30.2 Å². The second-order valence-electron chi connectivity index (χ2n) is 22.4. The SMILES string of the molecule is CCCCCCCCCCCCCCCCCCN(CCCCCCCCCCCCCCCCCC)C(=O)c1cc(NS(=O)(=O)c2cccc(C(=O)c3cc(C(=O)OCCC#N)c(N)s3)c2)c2ccccc2c1OC(=O)c1ccccc1. The molecule has 14 heteroatoms. The predicted molar refractivity (Wildman–Crippen MR) is 340 cm³/mol. The number of nitrogens with zero attached hydrogens (tertiary/aromatic N) is 2. The molecule has 0 saturated heterocycles. The second-order valence-corrected chi connectivity index (χ2v) is 25.2. The molecule has 0 radical (unpaired) electrons. The van der Waals surface area contributed by atoms with E-state index in [1.54, 1.807) is 54.6 Å². The van der Waals surface area contributed by atoms with Crippen molar-refractivity contribution in [1.29, 1.82) is 5.26 Å². The van der Waals surface area contributed by atoms with E-state index in [1.165, 1.54) is 190 Å². The lowest BCUT2D eigenvalue weighted by atomic mass is 10.0. The van der Waals surface area contributed by atoms with Crippen LogP contribution in [0.25, 0.3) is 10.8 Å². The summed E-state index contributed by atoms with van der Waals surface area (Å²) in [7, 11) is -4.45. The molecule has 5 aromatic rings. The first-order valence-electron chi connectivity index (χ1n) is 31.7. The number of carbonyl (C=O) groups is 4. The average Bonchev–Trinajstić information content (AvgIpc) is 4.03. The first-order chi connectivity index (χ1) is 40.5. The summed E-state index contributed by atoms with van der Waals surface area (Å²) in [5.41, 5.74) is 6.56. The van der Waals surface area contributed by atoms with E-state index in [0.717, 1.165) is 62.7 Å². The first kappa shape index (κ1) is 67.7. The maximum absolute atomic E-state index is 15.4. The highest BCUT2D eigenvalue weighted by molar-refractivity contribution is 7.92. The summed E-state index contributed by atoms with van der Waals surface area (Å²) in [5, 5.41) is 9.65. The van der Waals surface area contributed by atoms with Gasteiger partial charge in [0.15, 0.2) is 5.75 Å². The summed E-state index contributed by atoms with van der Waals surface area (Å²) in [6.45, 7) is 5.39. The van der Waals surface area contributed by atoms with Crippen LogP contribution in [0.2, 0.25) is 0 Å². The molecule has 0 saturated carbocycles. The van der Waals surface area contributed by atoms with Gasteiger partial charge in [0.1, 0.15) is 11.6 Å². The number of amides is 1. The molecule has 0 aliphatic rings. The Kier molecular flexibility index (Phi) is 32.2. The van der Waals surface area contributed by atoms with Crippen molar-refractivity contribution in [3.63, 3.8) is 0 Å². The summed E-state index contributed by atoms with van der Waals surface area (Å²) in [4.78, 5) is 57.5. The molecule has 3 N–H and O–H groups in total. The van der Waals surface area contributed by atoms with Gasteiger partial charge in [-0.05, 0) is 49.2 Å². The molecule has 12 nitrogen and oxygen atoms in total. The van der Waals surface area contributed by atoms with Gasteiger partial charge < -0.3 is 20.1 Å². The van der Waals surface area contributed by atoms with Crippen molar-refractivity contribution in [1.82, 2.24) is 4.90 Å². The largest absolute Gasteiger partial charge is 0.461 e. The molecule has 4 aromatic carbocycles. The van der Waals surface area contributed by atoms with Crippen molar-refractivity contribution in [2.45, 2.75) is 231 Å². The summed E-state index contributed by atoms with van der Waals surface area (Å²) in [6, 6.07) is 25.7. The molecule has 0 spiro atoms.